The minimum atomic E-state index is -1.34. The first kappa shape index (κ1) is 15.5. The SMILES string of the molecule is CCOC(=O)c1cn(O)nc1C1=CC=CC(C)([N+](=O)[O-])C=C1. The fourth-order valence-electron chi connectivity index (χ4n) is 1.93. The number of carbonyl (C=O) groups is 1. The average molecular weight is 305 g/mol. The summed E-state index contributed by atoms with van der Waals surface area (Å²) in [6, 6.07) is 0. The normalized spacial score (nSPS) is 20.4. The maximum atomic E-state index is 11.9. The molecule has 0 bridgehead atoms. The van der Waals surface area contributed by atoms with E-state index in [1.165, 1.54) is 31.2 Å². The fourth-order valence-corrected chi connectivity index (χ4v) is 1.93. The van der Waals surface area contributed by atoms with Crippen LogP contribution in [0.4, 0.5) is 0 Å². The van der Waals surface area contributed by atoms with Crippen LogP contribution in [0, 0.1) is 10.1 Å². The van der Waals surface area contributed by atoms with Gasteiger partial charge in [0.15, 0.2) is 0 Å². The molecule has 1 N–H and O–H groups in total. The lowest BCUT2D eigenvalue weighted by Crippen LogP contribution is -2.29. The van der Waals surface area contributed by atoms with Gasteiger partial charge in [-0.3, -0.25) is 10.1 Å². The fraction of sp³-hybridized carbons (Fsp3) is 0.286. The van der Waals surface area contributed by atoms with Gasteiger partial charge in [0, 0.05) is 17.4 Å². The topological polar surface area (TPSA) is 107 Å². The molecule has 0 amide bonds. The summed E-state index contributed by atoms with van der Waals surface area (Å²) in [4.78, 5) is 23.0. The van der Waals surface area contributed by atoms with Gasteiger partial charge in [0.25, 0.3) is 5.54 Å². The van der Waals surface area contributed by atoms with Gasteiger partial charge in [0.05, 0.1) is 12.8 Å². The maximum absolute atomic E-state index is 11.9. The quantitative estimate of drug-likeness (QED) is 0.393. The van der Waals surface area contributed by atoms with Crippen molar-refractivity contribution in [3.8, 4) is 0 Å². The first-order valence-electron chi connectivity index (χ1n) is 6.57. The minimum absolute atomic E-state index is 0.0818. The highest BCUT2D eigenvalue weighted by Crippen LogP contribution is 2.25. The van der Waals surface area contributed by atoms with Gasteiger partial charge in [-0.05, 0) is 25.2 Å². The molecule has 1 aromatic rings. The highest BCUT2D eigenvalue weighted by Gasteiger charge is 2.31. The van der Waals surface area contributed by atoms with Crippen LogP contribution in [0.1, 0.15) is 29.9 Å². The van der Waals surface area contributed by atoms with Crippen LogP contribution in [-0.2, 0) is 4.74 Å². The summed E-state index contributed by atoms with van der Waals surface area (Å²) < 4.78 is 4.90. The lowest BCUT2D eigenvalue weighted by Gasteiger charge is -2.10. The van der Waals surface area contributed by atoms with Gasteiger partial charge >= 0.3 is 5.97 Å². The minimum Gasteiger partial charge on any atom is -0.462 e. The van der Waals surface area contributed by atoms with Gasteiger partial charge in [-0.15, -0.1) is 9.94 Å². The maximum Gasteiger partial charge on any atom is 0.342 e. The molecule has 1 atom stereocenters. The summed E-state index contributed by atoms with van der Waals surface area (Å²) in [6.45, 7) is 3.30. The lowest BCUT2D eigenvalue weighted by molar-refractivity contribution is -0.535. The number of esters is 1. The molecule has 0 saturated heterocycles. The zero-order valence-electron chi connectivity index (χ0n) is 12.1. The second kappa shape index (κ2) is 5.84. The number of nitrogens with zero attached hydrogens (tertiary/aromatic N) is 3. The summed E-state index contributed by atoms with van der Waals surface area (Å²) in [5, 5.41) is 24.4. The van der Waals surface area contributed by atoms with Crippen LogP contribution in [0.3, 0.4) is 0 Å². The summed E-state index contributed by atoms with van der Waals surface area (Å²) in [6.07, 6.45) is 8.54. The molecule has 116 valence electrons. The van der Waals surface area contributed by atoms with Crippen LogP contribution >= 0.6 is 0 Å². The van der Waals surface area contributed by atoms with E-state index in [4.69, 9.17) is 4.74 Å². The van der Waals surface area contributed by atoms with E-state index in [0.29, 0.717) is 10.4 Å². The largest absolute Gasteiger partial charge is 0.462 e. The smallest absolute Gasteiger partial charge is 0.342 e. The van der Waals surface area contributed by atoms with E-state index >= 15 is 0 Å². The predicted octanol–water partition coefficient (Wildman–Crippen LogP) is 1.84. The molecule has 0 aromatic carbocycles. The van der Waals surface area contributed by atoms with Crippen molar-refractivity contribution >= 4 is 11.5 Å². The zero-order valence-corrected chi connectivity index (χ0v) is 12.1. The molecule has 0 fully saturated rings. The molecule has 2 rings (SSSR count). The number of rotatable bonds is 4. The van der Waals surface area contributed by atoms with Crippen molar-refractivity contribution in [2.24, 2.45) is 0 Å². The van der Waals surface area contributed by atoms with Crippen molar-refractivity contribution in [2.75, 3.05) is 6.61 Å². The number of nitro groups is 1. The molecule has 0 saturated carbocycles. The molecule has 0 aliphatic heterocycles. The number of aromatic nitrogens is 2. The molecule has 0 spiro atoms. The van der Waals surface area contributed by atoms with Crippen LogP contribution in [0.5, 0.6) is 0 Å². The number of hydrogen-bond donors (Lipinski definition) is 1. The Bertz CT molecular complexity index is 701. The molecule has 1 aliphatic rings. The molecular formula is C14H15N3O5. The van der Waals surface area contributed by atoms with Gasteiger partial charge in [-0.1, -0.05) is 12.2 Å². The highest BCUT2D eigenvalue weighted by molar-refractivity contribution is 5.96. The standard InChI is InChI=1S/C14H15N3O5/c1-3-22-13(18)11-9-16(19)15-12(11)10-5-4-7-14(2,8-6-10)17(20)21/h4-9,19H,3H2,1-2H3. The zero-order chi connectivity index (χ0) is 16.3. The number of hydrogen-bond acceptors (Lipinski definition) is 6. The van der Waals surface area contributed by atoms with Gasteiger partial charge in [0.2, 0.25) is 0 Å². The molecule has 1 aliphatic carbocycles. The van der Waals surface area contributed by atoms with Crippen LogP contribution in [0.2, 0.25) is 0 Å². The van der Waals surface area contributed by atoms with Crippen molar-refractivity contribution in [1.29, 1.82) is 0 Å². The summed E-state index contributed by atoms with van der Waals surface area (Å²) in [7, 11) is 0. The van der Waals surface area contributed by atoms with Gasteiger partial charge < -0.3 is 9.94 Å². The Labute approximate surface area is 126 Å². The second-order valence-corrected chi connectivity index (χ2v) is 4.83. The number of carbonyl (C=O) groups excluding carboxylic acids is 1. The van der Waals surface area contributed by atoms with E-state index in [0.717, 1.165) is 6.20 Å². The van der Waals surface area contributed by atoms with Crippen molar-refractivity contribution in [2.45, 2.75) is 19.4 Å². The van der Waals surface area contributed by atoms with Crippen molar-refractivity contribution < 1.29 is 19.7 Å². The Morgan fingerprint density at radius 3 is 2.91 bits per heavy atom. The van der Waals surface area contributed by atoms with Crippen molar-refractivity contribution in [1.82, 2.24) is 9.94 Å². The van der Waals surface area contributed by atoms with Crippen LogP contribution in [0.25, 0.3) is 5.57 Å². The lowest BCUT2D eigenvalue weighted by atomic mass is 10.0. The van der Waals surface area contributed by atoms with E-state index in [2.05, 4.69) is 5.10 Å². The monoisotopic (exact) mass is 305 g/mol. The molecule has 1 unspecified atom stereocenters. The molecule has 0 radical (unpaired) electrons. The average Bonchev–Trinajstić information content (AvgIpc) is 2.72. The first-order valence-corrected chi connectivity index (χ1v) is 6.57. The number of ether oxygens (including phenoxy) is 1. The van der Waals surface area contributed by atoms with Crippen LogP contribution in [0.15, 0.2) is 36.6 Å². The summed E-state index contributed by atoms with van der Waals surface area (Å²) in [5.74, 6) is -0.627. The molecule has 22 heavy (non-hydrogen) atoms. The molecular weight excluding hydrogens is 290 g/mol. The van der Waals surface area contributed by atoms with E-state index in [9.17, 15) is 20.1 Å². The molecule has 1 aromatic heterocycles. The second-order valence-electron chi connectivity index (χ2n) is 4.83. The van der Waals surface area contributed by atoms with Crippen molar-refractivity contribution in [3.63, 3.8) is 0 Å². The third-order valence-electron chi connectivity index (χ3n) is 3.17. The van der Waals surface area contributed by atoms with E-state index < -0.39 is 16.4 Å². The Morgan fingerprint density at radius 2 is 2.27 bits per heavy atom. The number of allylic oxidation sites excluding steroid dienone is 4. The van der Waals surface area contributed by atoms with Gasteiger partial charge in [-0.25, -0.2) is 4.79 Å². The van der Waals surface area contributed by atoms with Crippen LogP contribution in [-0.4, -0.2) is 38.2 Å². The highest BCUT2D eigenvalue weighted by atomic mass is 16.6. The Morgan fingerprint density at radius 1 is 1.55 bits per heavy atom. The summed E-state index contributed by atoms with van der Waals surface area (Å²) >= 11 is 0. The Balaban J connectivity index is 2.42. The van der Waals surface area contributed by atoms with Crippen LogP contribution < -0.4 is 0 Å². The summed E-state index contributed by atoms with van der Waals surface area (Å²) in [5.41, 5.74) is -0.616. The van der Waals surface area contributed by atoms with Gasteiger partial charge in [-0.2, -0.15) is 0 Å². The van der Waals surface area contributed by atoms with Gasteiger partial charge in [0.1, 0.15) is 11.3 Å². The predicted molar refractivity (Wildman–Crippen MR) is 77.0 cm³/mol. The Hall–Kier alpha value is -2.90. The first-order chi connectivity index (χ1) is 10.4. The molecule has 8 nitrogen and oxygen atoms in total. The van der Waals surface area contributed by atoms with E-state index in [1.54, 1.807) is 13.0 Å². The third-order valence-corrected chi connectivity index (χ3v) is 3.17. The molecule has 1 heterocycles. The third kappa shape index (κ3) is 2.90. The molecule has 8 heteroatoms. The Kier molecular flexibility index (Phi) is 4.11. The van der Waals surface area contributed by atoms with E-state index in [-0.39, 0.29) is 17.9 Å². The van der Waals surface area contributed by atoms with Crippen molar-refractivity contribution in [3.05, 3.63) is 57.9 Å². The van der Waals surface area contributed by atoms with E-state index in [1.807, 2.05) is 0 Å².